The first-order valence-electron chi connectivity index (χ1n) is 4.39. The highest BCUT2D eigenvalue weighted by atomic mass is 15.3. The highest BCUT2D eigenvalue weighted by Gasteiger charge is 2.07. The number of rotatable bonds is 3. The van der Waals surface area contributed by atoms with E-state index in [0.717, 1.165) is 12.2 Å². The molecular weight excluding hydrogens is 150 g/mol. The van der Waals surface area contributed by atoms with Crippen molar-refractivity contribution in [1.29, 1.82) is 0 Å². The van der Waals surface area contributed by atoms with Gasteiger partial charge in [0.1, 0.15) is 0 Å². The van der Waals surface area contributed by atoms with E-state index in [1.807, 2.05) is 11.7 Å². The smallest absolute Gasteiger partial charge is 0.0793 e. The predicted molar refractivity (Wildman–Crippen MR) is 50.0 cm³/mol. The summed E-state index contributed by atoms with van der Waals surface area (Å²) in [6, 6.07) is 2.47. The van der Waals surface area contributed by atoms with E-state index in [0.29, 0.717) is 6.04 Å². The summed E-state index contributed by atoms with van der Waals surface area (Å²) < 4.78 is 1.91. The quantitative estimate of drug-likeness (QED) is 0.737. The Kier molecular flexibility index (Phi) is 2.87. The Balaban J connectivity index is 2.74. The lowest BCUT2D eigenvalue weighted by atomic mass is 10.2. The molecule has 1 rings (SSSR count). The Morgan fingerprint density at radius 3 is 2.75 bits per heavy atom. The molecule has 12 heavy (non-hydrogen) atoms. The number of aryl methyl sites for hydroxylation is 2. The summed E-state index contributed by atoms with van der Waals surface area (Å²) in [5.74, 6) is 0. The lowest BCUT2D eigenvalue weighted by molar-refractivity contribution is 0.570. The molecule has 0 saturated carbocycles. The summed E-state index contributed by atoms with van der Waals surface area (Å²) in [5, 5.41) is 7.71. The summed E-state index contributed by atoms with van der Waals surface area (Å²) in [5.41, 5.74) is 2.33. The Morgan fingerprint density at radius 2 is 2.33 bits per heavy atom. The first-order chi connectivity index (χ1) is 5.65. The first kappa shape index (κ1) is 9.26. The van der Waals surface area contributed by atoms with Crippen LogP contribution >= 0.6 is 0 Å². The van der Waals surface area contributed by atoms with E-state index >= 15 is 0 Å². The minimum Gasteiger partial charge on any atom is -0.309 e. The van der Waals surface area contributed by atoms with Crippen molar-refractivity contribution >= 4 is 0 Å². The fraction of sp³-hybridized carbons (Fsp3) is 0.667. The molecule has 1 N–H and O–H groups in total. The highest BCUT2D eigenvalue weighted by Crippen LogP contribution is 2.10. The van der Waals surface area contributed by atoms with Gasteiger partial charge in [0.2, 0.25) is 0 Å². The van der Waals surface area contributed by atoms with Crippen molar-refractivity contribution in [3.8, 4) is 0 Å². The van der Waals surface area contributed by atoms with E-state index in [9.17, 15) is 0 Å². The van der Waals surface area contributed by atoms with E-state index in [-0.39, 0.29) is 0 Å². The fourth-order valence-corrected chi connectivity index (χ4v) is 1.21. The van der Waals surface area contributed by atoms with Gasteiger partial charge in [-0.15, -0.1) is 0 Å². The number of nitrogens with zero attached hydrogens (tertiary/aromatic N) is 2. The molecular formula is C9H17N3. The minimum atomic E-state index is 0.356. The van der Waals surface area contributed by atoms with Gasteiger partial charge in [0, 0.05) is 18.8 Å². The van der Waals surface area contributed by atoms with E-state index in [1.54, 1.807) is 0 Å². The molecule has 0 spiro atoms. The maximum absolute atomic E-state index is 4.38. The molecule has 0 amide bonds. The zero-order valence-corrected chi connectivity index (χ0v) is 8.26. The predicted octanol–water partition coefficient (Wildman–Crippen LogP) is 1.40. The minimum absolute atomic E-state index is 0.356. The molecule has 0 bridgehead atoms. The van der Waals surface area contributed by atoms with Gasteiger partial charge in [-0.1, -0.05) is 6.92 Å². The van der Waals surface area contributed by atoms with Gasteiger partial charge in [-0.3, -0.25) is 4.68 Å². The first-order valence-corrected chi connectivity index (χ1v) is 4.39. The molecule has 68 valence electrons. The molecule has 1 unspecified atom stereocenters. The third-order valence-corrected chi connectivity index (χ3v) is 2.09. The number of aromatic nitrogens is 2. The maximum atomic E-state index is 4.38. The monoisotopic (exact) mass is 167 g/mol. The van der Waals surface area contributed by atoms with Gasteiger partial charge in [0.15, 0.2) is 0 Å². The Hall–Kier alpha value is -0.830. The van der Waals surface area contributed by atoms with E-state index < -0.39 is 0 Å². The van der Waals surface area contributed by atoms with Gasteiger partial charge in [0.25, 0.3) is 0 Å². The van der Waals surface area contributed by atoms with Crippen LogP contribution in [-0.2, 0) is 7.05 Å². The molecule has 0 aromatic carbocycles. The average molecular weight is 167 g/mol. The van der Waals surface area contributed by atoms with Crippen LogP contribution in [0.2, 0.25) is 0 Å². The van der Waals surface area contributed by atoms with Gasteiger partial charge < -0.3 is 5.32 Å². The summed E-state index contributed by atoms with van der Waals surface area (Å²) >= 11 is 0. The topological polar surface area (TPSA) is 29.9 Å². The lowest BCUT2D eigenvalue weighted by Gasteiger charge is -2.07. The van der Waals surface area contributed by atoms with Crippen LogP contribution in [0.1, 0.15) is 31.3 Å². The van der Waals surface area contributed by atoms with E-state index in [1.165, 1.54) is 5.69 Å². The van der Waals surface area contributed by atoms with Crippen LogP contribution in [0.4, 0.5) is 0 Å². The second-order valence-electron chi connectivity index (χ2n) is 3.11. The zero-order valence-electron chi connectivity index (χ0n) is 8.26. The lowest BCUT2D eigenvalue weighted by Crippen LogP contribution is -2.18. The number of hydrogen-bond acceptors (Lipinski definition) is 2. The van der Waals surface area contributed by atoms with Gasteiger partial charge >= 0.3 is 0 Å². The molecule has 1 atom stereocenters. The Morgan fingerprint density at radius 1 is 1.67 bits per heavy atom. The highest BCUT2D eigenvalue weighted by molar-refractivity contribution is 5.11. The average Bonchev–Trinajstić information content (AvgIpc) is 2.33. The van der Waals surface area contributed by atoms with Crippen LogP contribution in [0.25, 0.3) is 0 Å². The third kappa shape index (κ3) is 1.85. The van der Waals surface area contributed by atoms with Crippen molar-refractivity contribution in [2.24, 2.45) is 7.05 Å². The van der Waals surface area contributed by atoms with Crippen molar-refractivity contribution in [3.05, 3.63) is 17.5 Å². The summed E-state index contributed by atoms with van der Waals surface area (Å²) in [6.45, 7) is 7.28. The second kappa shape index (κ2) is 3.72. The maximum Gasteiger partial charge on any atom is 0.0793 e. The molecule has 0 aliphatic heterocycles. The van der Waals surface area contributed by atoms with Gasteiger partial charge in [-0.05, 0) is 26.5 Å². The molecule has 0 radical (unpaired) electrons. The number of hydrogen-bond donors (Lipinski definition) is 1. The van der Waals surface area contributed by atoms with Crippen molar-refractivity contribution in [2.75, 3.05) is 6.54 Å². The SMILES string of the molecule is CCNC(C)c1cc(C)n(C)n1. The second-order valence-corrected chi connectivity index (χ2v) is 3.11. The summed E-state index contributed by atoms with van der Waals surface area (Å²) in [7, 11) is 1.97. The Bertz CT molecular complexity index is 233. The third-order valence-electron chi connectivity index (χ3n) is 2.09. The van der Waals surface area contributed by atoms with Crippen molar-refractivity contribution in [1.82, 2.24) is 15.1 Å². The van der Waals surface area contributed by atoms with Crippen LogP contribution in [0.15, 0.2) is 6.07 Å². The zero-order chi connectivity index (χ0) is 9.14. The molecule has 0 fully saturated rings. The van der Waals surface area contributed by atoms with Crippen molar-refractivity contribution in [3.63, 3.8) is 0 Å². The number of nitrogens with one attached hydrogen (secondary N) is 1. The molecule has 1 aromatic rings. The van der Waals surface area contributed by atoms with Gasteiger partial charge in [-0.2, -0.15) is 5.10 Å². The van der Waals surface area contributed by atoms with Gasteiger partial charge in [0.05, 0.1) is 5.69 Å². The largest absolute Gasteiger partial charge is 0.309 e. The molecule has 3 nitrogen and oxygen atoms in total. The molecule has 0 saturated heterocycles. The van der Waals surface area contributed by atoms with E-state index in [4.69, 9.17) is 0 Å². The summed E-state index contributed by atoms with van der Waals surface area (Å²) in [4.78, 5) is 0. The van der Waals surface area contributed by atoms with Crippen LogP contribution in [0.5, 0.6) is 0 Å². The molecule has 0 aliphatic carbocycles. The van der Waals surface area contributed by atoms with Crippen LogP contribution in [0, 0.1) is 6.92 Å². The normalized spacial score (nSPS) is 13.3. The molecule has 1 heterocycles. The van der Waals surface area contributed by atoms with Crippen LogP contribution in [0.3, 0.4) is 0 Å². The summed E-state index contributed by atoms with van der Waals surface area (Å²) in [6.07, 6.45) is 0. The fourth-order valence-electron chi connectivity index (χ4n) is 1.21. The van der Waals surface area contributed by atoms with Gasteiger partial charge in [-0.25, -0.2) is 0 Å². The van der Waals surface area contributed by atoms with Crippen LogP contribution < -0.4 is 5.32 Å². The van der Waals surface area contributed by atoms with Crippen molar-refractivity contribution in [2.45, 2.75) is 26.8 Å². The molecule has 3 heteroatoms. The van der Waals surface area contributed by atoms with E-state index in [2.05, 4.69) is 37.3 Å². The molecule has 0 aliphatic rings. The Labute approximate surface area is 73.8 Å². The van der Waals surface area contributed by atoms with Crippen molar-refractivity contribution < 1.29 is 0 Å². The molecule has 1 aromatic heterocycles. The van der Waals surface area contributed by atoms with Crippen LogP contribution in [-0.4, -0.2) is 16.3 Å². The standard InChI is InChI=1S/C9H17N3/c1-5-10-8(3)9-6-7(2)12(4)11-9/h6,8,10H,5H2,1-4H3.